The van der Waals surface area contributed by atoms with E-state index in [1.54, 1.807) is 13.8 Å². The summed E-state index contributed by atoms with van der Waals surface area (Å²) in [5.74, 6) is -1.50. The average molecular weight is 825 g/mol. The molecule has 320 valence electrons. The predicted octanol–water partition coefficient (Wildman–Crippen LogP) is 7.05. The van der Waals surface area contributed by atoms with Crippen LogP contribution in [0.4, 0.5) is 4.79 Å². The van der Waals surface area contributed by atoms with Crippen LogP contribution in [0.2, 0.25) is 0 Å². The highest BCUT2D eigenvalue weighted by Crippen LogP contribution is 2.41. The van der Waals surface area contributed by atoms with Crippen LogP contribution < -0.4 is 0 Å². The van der Waals surface area contributed by atoms with E-state index in [0.717, 1.165) is 27.8 Å². The van der Waals surface area contributed by atoms with Crippen LogP contribution in [0.15, 0.2) is 133 Å². The smallest absolute Gasteiger partial charge is 0.427 e. The van der Waals surface area contributed by atoms with Crippen LogP contribution in [0.5, 0.6) is 0 Å². The van der Waals surface area contributed by atoms with Crippen molar-refractivity contribution >= 4 is 6.16 Å². The predicted molar refractivity (Wildman–Crippen MR) is 220 cm³/mol. The van der Waals surface area contributed by atoms with Gasteiger partial charge in [0.15, 0.2) is 18.2 Å². The number of hydrogen-bond acceptors (Lipinski definition) is 12. The fourth-order valence-corrected chi connectivity index (χ4v) is 8.09. The molecular weight excluding hydrogens is 769 g/mol. The van der Waals surface area contributed by atoms with Gasteiger partial charge in [-0.15, -0.1) is 0 Å². The Morgan fingerprint density at radius 3 is 1.73 bits per heavy atom. The molecule has 3 heterocycles. The molecule has 3 saturated heterocycles. The third kappa shape index (κ3) is 11.7. The van der Waals surface area contributed by atoms with Crippen LogP contribution in [-0.4, -0.2) is 90.5 Å². The van der Waals surface area contributed by atoms with Gasteiger partial charge in [-0.1, -0.05) is 133 Å². The number of benzene rings is 4. The summed E-state index contributed by atoms with van der Waals surface area (Å²) in [6.07, 6.45) is -7.89. The lowest BCUT2D eigenvalue weighted by Gasteiger charge is -2.46. The molecule has 0 amide bonds. The molecular formula is C48H56O12. The van der Waals surface area contributed by atoms with Gasteiger partial charge < -0.3 is 52.8 Å². The van der Waals surface area contributed by atoms with Gasteiger partial charge in [0.25, 0.3) is 0 Å². The van der Waals surface area contributed by atoms with E-state index in [9.17, 15) is 15.0 Å². The lowest BCUT2D eigenvalue weighted by atomic mass is 9.82. The molecule has 0 radical (unpaired) electrons. The first-order valence-corrected chi connectivity index (χ1v) is 20.6. The van der Waals surface area contributed by atoms with Crippen molar-refractivity contribution < 1.29 is 57.6 Å². The van der Waals surface area contributed by atoms with Gasteiger partial charge in [-0.25, -0.2) is 4.79 Å². The summed E-state index contributed by atoms with van der Waals surface area (Å²) in [5, 5.41) is 20.5. The molecule has 12 heteroatoms. The van der Waals surface area contributed by atoms with Crippen molar-refractivity contribution in [2.75, 3.05) is 13.2 Å². The van der Waals surface area contributed by atoms with E-state index in [4.69, 9.17) is 42.6 Å². The van der Waals surface area contributed by atoms with Crippen LogP contribution in [0.1, 0.15) is 48.9 Å². The Kier molecular flexibility index (Phi) is 15.2. The largest absolute Gasteiger partial charge is 0.509 e. The second-order valence-electron chi connectivity index (χ2n) is 16.0. The Balaban J connectivity index is 1.19. The van der Waals surface area contributed by atoms with Crippen molar-refractivity contribution in [3.05, 3.63) is 156 Å². The van der Waals surface area contributed by atoms with Crippen molar-refractivity contribution in [1.29, 1.82) is 0 Å². The summed E-state index contributed by atoms with van der Waals surface area (Å²) in [6.45, 7) is 8.77. The number of aliphatic hydroxyl groups is 2. The average Bonchev–Trinajstić information content (AvgIpc) is 3.80. The molecule has 3 aliphatic rings. The standard InChI is InChI=1S/C48H56O12/c1-32(25-39-44(58-47(51)57-39)45-43(38(50)26-49)59-48(2,3)60-45)24-37-41(53-28-34-18-10-5-11-19-34)40(31-52-27-33-16-8-4-9-17-33)56-46(55-30-36-22-14-7-15-23-36)42(37)54-29-35-20-12-6-13-21-35/h4-23,37-46,49-50H,1,24-31H2,2-3H3/t37-,38+,39-,40+,41+,42+,43+,44-,45-,46+/m0/s1. The number of aliphatic hydroxyl groups excluding tert-OH is 2. The SMILES string of the molecule is C=C(C[C@H]1[C@@H](OCc2ccccc2)[C@@H](COCc2ccccc2)O[C@@H](OCc2ccccc2)[C@@H]1OCc1ccccc1)C[C@@H]1OC(=O)O[C@@H]1[C@H]1OC(C)(C)O[C@@H]1[C@H](O)CO. The van der Waals surface area contributed by atoms with Gasteiger partial charge in [0.1, 0.15) is 36.6 Å². The molecule has 0 aliphatic carbocycles. The molecule has 3 fully saturated rings. The zero-order valence-corrected chi connectivity index (χ0v) is 34.2. The van der Waals surface area contributed by atoms with Crippen molar-refractivity contribution in [3.63, 3.8) is 0 Å². The lowest BCUT2D eigenvalue weighted by molar-refractivity contribution is -0.313. The van der Waals surface area contributed by atoms with Gasteiger partial charge in [-0.3, -0.25) is 0 Å². The van der Waals surface area contributed by atoms with Crippen LogP contribution in [-0.2, 0) is 69.1 Å². The zero-order chi connectivity index (χ0) is 41.9. The summed E-state index contributed by atoms with van der Waals surface area (Å²) in [6, 6.07) is 39.7. The highest BCUT2D eigenvalue weighted by molar-refractivity contribution is 5.62. The van der Waals surface area contributed by atoms with Gasteiger partial charge in [0.2, 0.25) is 0 Å². The fourth-order valence-electron chi connectivity index (χ4n) is 8.09. The minimum Gasteiger partial charge on any atom is -0.427 e. The molecule has 4 aromatic rings. The quantitative estimate of drug-likeness (QED) is 0.0698. The molecule has 0 spiro atoms. The van der Waals surface area contributed by atoms with E-state index in [1.807, 2.05) is 121 Å². The van der Waals surface area contributed by atoms with Gasteiger partial charge >= 0.3 is 6.16 Å². The zero-order valence-electron chi connectivity index (χ0n) is 34.2. The molecule has 0 aromatic heterocycles. The minimum absolute atomic E-state index is 0.192. The van der Waals surface area contributed by atoms with Crippen LogP contribution >= 0.6 is 0 Å². The van der Waals surface area contributed by atoms with Gasteiger partial charge in [0.05, 0.1) is 45.7 Å². The first kappa shape index (κ1) is 43.6. The van der Waals surface area contributed by atoms with Crippen LogP contribution in [0.3, 0.4) is 0 Å². The third-order valence-electron chi connectivity index (χ3n) is 10.9. The molecule has 2 N–H and O–H groups in total. The van der Waals surface area contributed by atoms with E-state index in [2.05, 4.69) is 6.58 Å². The maximum absolute atomic E-state index is 12.8. The highest BCUT2D eigenvalue weighted by Gasteiger charge is 2.55. The highest BCUT2D eigenvalue weighted by atomic mass is 16.8. The molecule has 60 heavy (non-hydrogen) atoms. The maximum atomic E-state index is 12.8. The Bertz CT molecular complexity index is 1910. The van der Waals surface area contributed by atoms with E-state index in [-0.39, 0.29) is 26.2 Å². The van der Waals surface area contributed by atoms with E-state index < -0.39 is 79.6 Å². The summed E-state index contributed by atoms with van der Waals surface area (Å²) < 4.78 is 57.1. The summed E-state index contributed by atoms with van der Waals surface area (Å²) >= 11 is 0. The molecule has 10 atom stereocenters. The Morgan fingerprint density at radius 2 is 1.18 bits per heavy atom. The monoisotopic (exact) mass is 824 g/mol. The number of carbonyl (C=O) groups excluding carboxylic acids is 1. The Morgan fingerprint density at radius 1 is 0.667 bits per heavy atom. The first-order chi connectivity index (χ1) is 29.2. The molecule has 3 aliphatic heterocycles. The fraction of sp³-hybridized carbons (Fsp3) is 0.438. The van der Waals surface area contributed by atoms with Gasteiger partial charge in [0, 0.05) is 12.3 Å². The van der Waals surface area contributed by atoms with Crippen molar-refractivity contribution in [1.82, 2.24) is 0 Å². The number of rotatable bonds is 20. The summed E-state index contributed by atoms with van der Waals surface area (Å²) in [4.78, 5) is 12.8. The molecule has 0 unspecified atom stereocenters. The third-order valence-corrected chi connectivity index (χ3v) is 10.9. The number of cyclic esters (lactones) is 2. The van der Waals surface area contributed by atoms with Crippen molar-refractivity contribution in [2.24, 2.45) is 5.92 Å². The number of hydrogen-bond donors (Lipinski definition) is 2. The topological polar surface area (TPSA) is 141 Å². The first-order valence-electron chi connectivity index (χ1n) is 20.6. The van der Waals surface area contributed by atoms with E-state index in [0.29, 0.717) is 19.6 Å². The minimum atomic E-state index is -1.28. The molecule has 12 nitrogen and oxygen atoms in total. The van der Waals surface area contributed by atoms with Crippen LogP contribution in [0.25, 0.3) is 0 Å². The number of ether oxygens (including phenoxy) is 9. The molecule has 0 bridgehead atoms. The summed E-state index contributed by atoms with van der Waals surface area (Å²) in [7, 11) is 0. The normalized spacial score (nSPS) is 27.9. The Hall–Kier alpha value is -4.47. The molecule has 0 saturated carbocycles. The lowest BCUT2D eigenvalue weighted by Crippen LogP contribution is -2.58. The van der Waals surface area contributed by atoms with E-state index in [1.165, 1.54) is 0 Å². The second kappa shape index (κ2) is 20.9. The summed E-state index contributed by atoms with van der Waals surface area (Å²) in [5.41, 5.74) is 4.69. The van der Waals surface area contributed by atoms with Gasteiger partial charge in [-0.2, -0.15) is 0 Å². The maximum Gasteiger partial charge on any atom is 0.509 e. The van der Waals surface area contributed by atoms with Crippen molar-refractivity contribution in [2.45, 2.75) is 114 Å². The number of carbonyl (C=O) groups is 1. The van der Waals surface area contributed by atoms with Crippen molar-refractivity contribution in [3.8, 4) is 0 Å². The second-order valence-corrected chi connectivity index (χ2v) is 16.0. The Labute approximate surface area is 351 Å². The molecule has 4 aromatic carbocycles. The molecule has 7 rings (SSSR count). The van der Waals surface area contributed by atoms with E-state index >= 15 is 0 Å². The van der Waals surface area contributed by atoms with Gasteiger partial charge in [-0.05, 0) is 42.5 Å². The van der Waals surface area contributed by atoms with Crippen LogP contribution in [0, 0.1) is 5.92 Å².